The van der Waals surface area contributed by atoms with Crippen molar-refractivity contribution in [3.63, 3.8) is 0 Å². The number of Topliss-reactive ketones (excluding diaryl/α,β-unsaturated/α-hetero) is 1. The van der Waals surface area contributed by atoms with Crippen LogP contribution in [0.25, 0.3) is 0 Å². The quantitative estimate of drug-likeness (QED) is 0.700. The largest absolute Gasteiger partial charge is 0.506 e. The zero-order valence-corrected chi connectivity index (χ0v) is 12.5. The van der Waals surface area contributed by atoms with Gasteiger partial charge >= 0.3 is 0 Å². The molecule has 2 aromatic carbocycles. The van der Waals surface area contributed by atoms with Gasteiger partial charge in [-0.25, -0.2) is 0 Å². The lowest BCUT2D eigenvalue weighted by Crippen LogP contribution is -2.22. The molecule has 0 aliphatic heterocycles. The standard InChI is InChI=1S/C18H14O4/c1-8-4-5-11-12(6-8)16(20)13-7-9(2)14(10(3)19)18(22)15(13)17(11)21/h4-7,22H,1-3H3. The van der Waals surface area contributed by atoms with Crippen LogP contribution in [0.2, 0.25) is 0 Å². The second kappa shape index (κ2) is 4.63. The zero-order valence-electron chi connectivity index (χ0n) is 12.5. The van der Waals surface area contributed by atoms with Crippen molar-refractivity contribution in [1.82, 2.24) is 0 Å². The highest BCUT2D eigenvalue weighted by molar-refractivity contribution is 6.30. The Hall–Kier alpha value is -2.75. The molecule has 0 unspecified atom stereocenters. The molecular weight excluding hydrogens is 280 g/mol. The smallest absolute Gasteiger partial charge is 0.198 e. The van der Waals surface area contributed by atoms with Crippen molar-refractivity contribution >= 4 is 17.3 Å². The Bertz CT molecular complexity index is 875. The van der Waals surface area contributed by atoms with E-state index in [1.54, 1.807) is 25.1 Å². The van der Waals surface area contributed by atoms with Gasteiger partial charge in [-0.05, 0) is 38.5 Å². The van der Waals surface area contributed by atoms with E-state index in [1.165, 1.54) is 13.0 Å². The summed E-state index contributed by atoms with van der Waals surface area (Å²) in [6, 6.07) is 6.51. The number of phenolic OH excluding ortho intramolecular Hbond substituents is 1. The third kappa shape index (κ3) is 1.80. The normalized spacial score (nSPS) is 12.9. The number of aryl methyl sites for hydroxylation is 2. The predicted octanol–water partition coefficient (Wildman–Crippen LogP) is 2.99. The first-order valence-electron chi connectivity index (χ1n) is 6.90. The summed E-state index contributed by atoms with van der Waals surface area (Å²) in [5, 5.41) is 10.4. The SMILES string of the molecule is CC(=O)c1c(C)cc2c(c1O)C(=O)c1ccc(C)cc1C2=O. The van der Waals surface area contributed by atoms with Gasteiger partial charge < -0.3 is 5.11 Å². The van der Waals surface area contributed by atoms with Gasteiger partial charge in [-0.3, -0.25) is 14.4 Å². The van der Waals surface area contributed by atoms with Crippen LogP contribution in [-0.4, -0.2) is 22.5 Å². The highest BCUT2D eigenvalue weighted by Crippen LogP contribution is 2.37. The maximum Gasteiger partial charge on any atom is 0.198 e. The average Bonchev–Trinajstić information content (AvgIpc) is 2.43. The summed E-state index contributed by atoms with van der Waals surface area (Å²) in [4.78, 5) is 37.0. The minimum Gasteiger partial charge on any atom is -0.506 e. The molecule has 110 valence electrons. The van der Waals surface area contributed by atoms with Crippen molar-refractivity contribution in [3.8, 4) is 5.75 Å². The van der Waals surface area contributed by atoms with Gasteiger partial charge in [-0.2, -0.15) is 0 Å². The first-order chi connectivity index (χ1) is 10.3. The summed E-state index contributed by atoms with van der Waals surface area (Å²) in [7, 11) is 0. The maximum atomic E-state index is 12.6. The van der Waals surface area contributed by atoms with E-state index in [4.69, 9.17) is 0 Å². The molecule has 22 heavy (non-hydrogen) atoms. The molecule has 1 aliphatic rings. The molecule has 2 aromatic rings. The van der Waals surface area contributed by atoms with E-state index >= 15 is 0 Å². The summed E-state index contributed by atoms with van der Waals surface area (Å²) >= 11 is 0. The highest BCUT2D eigenvalue weighted by Gasteiger charge is 2.34. The molecular formula is C18H14O4. The molecule has 0 radical (unpaired) electrons. The lowest BCUT2D eigenvalue weighted by molar-refractivity contribution is 0.0974. The first kappa shape index (κ1) is 14.2. The fourth-order valence-corrected chi connectivity index (χ4v) is 2.98. The molecule has 0 heterocycles. The van der Waals surface area contributed by atoms with Crippen molar-refractivity contribution in [1.29, 1.82) is 0 Å². The van der Waals surface area contributed by atoms with Crippen molar-refractivity contribution < 1.29 is 19.5 Å². The van der Waals surface area contributed by atoms with Gasteiger partial charge in [0.25, 0.3) is 0 Å². The average molecular weight is 294 g/mol. The molecule has 1 N–H and O–H groups in total. The molecule has 0 saturated heterocycles. The number of ketones is 3. The number of carbonyl (C=O) groups is 3. The van der Waals surface area contributed by atoms with E-state index in [9.17, 15) is 19.5 Å². The molecule has 0 fully saturated rings. The fraction of sp³-hybridized carbons (Fsp3) is 0.167. The van der Waals surface area contributed by atoms with Gasteiger partial charge in [0, 0.05) is 16.7 Å². The number of hydrogen-bond acceptors (Lipinski definition) is 4. The summed E-state index contributed by atoms with van der Waals surface area (Å²) in [5.74, 6) is -1.47. The van der Waals surface area contributed by atoms with Crippen LogP contribution in [0.1, 0.15) is 60.3 Å². The molecule has 1 aliphatic carbocycles. The van der Waals surface area contributed by atoms with Gasteiger partial charge in [-0.15, -0.1) is 0 Å². The number of hydrogen-bond donors (Lipinski definition) is 1. The number of phenols is 1. The van der Waals surface area contributed by atoms with E-state index in [1.807, 2.05) is 6.92 Å². The van der Waals surface area contributed by atoms with Crippen LogP contribution in [0, 0.1) is 13.8 Å². The van der Waals surface area contributed by atoms with Gasteiger partial charge in [0.1, 0.15) is 5.75 Å². The second-order valence-electron chi connectivity index (χ2n) is 5.60. The Morgan fingerprint density at radius 3 is 2.27 bits per heavy atom. The molecule has 0 saturated carbocycles. The van der Waals surface area contributed by atoms with Crippen molar-refractivity contribution in [2.75, 3.05) is 0 Å². The molecule has 0 bridgehead atoms. The predicted molar refractivity (Wildman–Crippen MR) is 80.9 cm³/mol. The summed E-state index contributed by atoms with van der Waals surface area (Å²) in [6.45, 7) is 4.80. The maximum absolute atomic E-state index is 12.6. The van der Waals surface area contributed by atoms with Crippen LogP contribution in [0.5, 0.6) is 5.75 Å². The number of benzene rings is 2. The van der Waals surface area contributed by atoms with Gasteiger partial charge in [0.2, 0.25) is 0 Å². The number of rotatable bonds is 1. The minimum absolute atomic E-state index is 0.0721. The molecule has 0 aromatic heterocycles. The topological polar surface area (TPSA) is 71.4 Å². The number of carbonyl (C=O) groups excluding carboxylic acids is 3. The third-order valence-electron chi connectivity index (χ3n) is 3.99. The van der Waals surface area contributed by atoms with Gasteiger partial charge in [0.05, 0.1) is 11.1 Å². The molecule has 4 heteroatoms. The van der Waals surface area contributed by atoms with E-state index < -0.39 is 11.5 Å². The summed E-state index contributed by atoms with van der Waals surface area (Å²) in [6.07, 6.45) is 0. The molecule has 4 nitrogen and oxygen atoms in total. The van der Waals surface area contributed by atoms with E-state index in [0.29, 0.717) is 11.1 Å². The second-order valence-corrected chi connectivity index (χ2v) is 5.60. The Labute approximate surface area is 127 Å². The van der Waals surface area contributed by atoms with Crippen LogP contribution < -0.4 is 0 Å². The highest BCUT2D eigenvalue weighted by atomic mass is 16.3. The van der Waals surface area contributed by atoms with E-state index in [0.717, 1.165) is 5.56 Å². The van der Waals surface area contributed by atoms with E-state index in [-0.39, 0.29) is 33.8 Å². The van der Waals surface area contributed by atoms with Crippen LogP contribution in [0.3, 0.4) is 0 Å². The van der Waals surface area contributed by atoms with Crippen LogP contribution >= 0.6 is 0 Å². The van der Waals surface area contributed by atoms with Gasteiger partial charge in [0.15, 0.2) is 17.3 Å². The van der Waals surface area contributed by atoms with Crippen molar-refractivity contribution in [2.45, 2.75) is 20.8 Å². The third-order valence-corrected chi connectivity index (χ3v) is 3.99. The van der Waals surface area contributed by atoms with Crippen LogP contribution in [0.4, 0.5) is 0 Å². The fourth-order valence-electron chi connectivity index (χ4n) is 2.98. The van der Waals surface area contributed by atoms with Crippen molar-refractivity contribution in [2.24, 2.45) is 0 Å². The lowest BCUT2D eigenvalue weighted by Gasteiger charge is -2.21. The number of fused-ring (bicyclic) bond motifs is 2. The molecule has 3 rings (SSSR count). The molecule has 0 atom stereocenters. The number of aromatic hydroxyl groups is 1. The van der Waals surface area contributed by atoms with Crippen molar-refractivity contribution in [3.05, 3.63) is 63.2 Å². The van der Waals surface area contributed by atoms with Gasteiger partial charge in [-0.1, -0.05) is 17.7 Å². The summed E-state index contributed by atoms with van der Waals surface area (Å²) in [5.41, 5.74) is 2.14. The molecule has 0 spiro atoms. The Balaban J connectivity index is 2.37. The lowest BCUT2D eigenvalue weighted by atomic mass is 9.80. The molecule has 0 amide bonds. The van der Waals surface area contributed by atoms with E-state index in [2.05, 4.69) is 0 Å². The van der Waals surface area contributed by atoms with Crippen LogP contribution in [-0.2, 0) is 0 Å². The Kier molecular flexibility index (Phi) is 2.99. The monoisotopic (exact) mass is 294 g/mol. The Morgan fingerprint density at radius 1 is 0.955 bits per heavy atom. The van der Waals surface area contributed by atoms with Crippen LogP contribution in [0.15, 0.2) is 24.3 Å². The Morgan fingerprint density at radius 2 is 1.64 bits per heavy atom. The minimum atomic E-state index is -0.426. The zero-order chi connectivity index (χ0) is 16.2. The first-order valence-corrected chi connectivity index (χ1v) is 6.90. The summed E-state index contributed by atoms with van der Waals surface area (Å²) < 4.78 is 0.